The Kier molecular flexibility index (Phi) is 9.12. The first-order valence-corrected chi connectivity index (χ1v) is 23.5. The summed E-state index contributed by atoms with van der Waals surface area (Å²) in [5.74, 6) is 3.13. The lowest BCUT2D eigenvalue weighted by Crippen LogP contribution is -2.65. The first kappa shape index (κ1) is 39.5. The Morgan fingerprint density at radius 3 is 0.774 bits per heavy atom. The van der Waals surface area contributed by atoms with Crippen LogP contribution in [-0.2, 0) is 32.5 Å². The van der Waals surface area contributed by atoms with Crippen LogP contribution in [0.25, 0.3) is 0 Å². The lowest BCUT2D eigenvalue weighted by Gasteiger charge is -2.71. The molecule has 0 heterocycles. The standard InChI is InChI=1S/C31H32.C31H30/c1-24(2)28-18-29(25-12-6-3-7-13-25)21-30(19-28,26-14-8-4-9-15-26)23-31(20-28,22-29)27-16-10-5-11-17-27;1-2-18-28-19-29(25-12-6-3-7-13-25)22-30(20-28,26-14-8-4-9-15-26)24-31(21-28,23-29)27-16-10-5-11-17-27/h3-17H,1,18-23H2,2H3;1,3-17H,18-24H2. The van der Waals surface area contributed by atoms with Crippen LogP contribution in [0.1, 0.15) is 124 Å². The van der Waals surface area contributed by atoms with Gasteiger partial charge < -0.3 is 0 Å². The van der Waals surface area contributed by atoms with Gasteiger partial charge in [-0.3, -0.25) is 0 Å². The van der Waals surface area contributed by atoms with Crippen LogP contribution in [-0.4, -0.2) is 0 Å². The van der Waals surface area contributed by atoms with Gasteiger partial charge in [0, 0.05) is 6.42 Å². The van der Waals surface area contributed by atoms with Crippen LogP contribution in [0.2, 0.25) is 0 Å². The molecule has 14 rings (SSSR count). The molecule has 0 atom stereocenters. The van der Waals surface area contributed by atoms with E-state index in [1.54, 1.807) is 16.7 Å². The van der Waals surface area contributed by atoms with Crippen molar-refractivity contribution in [1.29, 1.82) is 0 Å². The molecule has 62 heavy (non-hydrogen) atoms. The van der Waals surface area contributed by atoms with E-state index in [2.05, 4.69) is 201 Å². The van der Waals surface area contributed by atoms with Gasteiger partial charge in [-0.2, -0.15) is 0 Å². The van der Waals surface area contributed by atoms with Crippen LogP contribution >= 0.6 is 0 Å². The highest BCUT2D eigenvalue weighted by Gasteiger charge is 2.70. The number of hydrogen-bond donors (Lipinski definition) is 0. The fraction of sp³-hybridized carbons (Fsp3) is 0.355. The number of rotatable bonds is 8. The normalized spacial score (nSPS) is 35.7. The van der Waals surface area contributed by atoms with E-state index in [-0.39, 0.29) is 43.3 Å². The first-order valence-electron chi connectivity index (χ1n) is 23.5. The number of allylic oxidation sites excluding steroid dienone is 1. The number of benzene rings is 6. The van der Waals surface area contributed by atoms with Gasteiger partial charge in [0.1, 0.15) is 0 Å². The number of hydrogen-bond acceptors (Lipinski definition) is 0. The fourth-order valence-electron chi connectivity index (χ4n) is 16.9. The molecule has 310 valence electrons. The van der Waals surface area contributed by atoms with E-state index >= 15 is 0 Å². The smallest absolute Gasteiger partial charge is 0.0144 e. The molecule has 8 saturated carbocycles. The lowest BCUT2D eigenvalue weighted by atomic mass is 9.32. The molecular formula is C62H62. The maximum Gasteiger partial charge on any atom is 0.0144 e. The Bertz CT molecular complexity index is 2310. The average molecular weight is 807 g/mol. The molecule has 8 fully saturated rings. The quantitative estimate of drug-likeness (QED) is 0.106. The maximum atomic E-state index is 6.05. The van der Waals surface area contributed by atoms with E-state index in [4.69, 9.17) is 6.42 Å². The molecule has 0 aliphatic heterocycles. The summed E-state index contributed by atoms with van der Waals surface area (Å²) in [4.78, 5) is 0. The van der Waals surface area contributed by atoms with Crippen molar-refractivity contribution in [2.75, 3.05) is 0 Å². The second-order valence-electron chi connectivity index (χ2n) is 21.9. The van der Waals surface area contributed by atoms with E-state index in [0.29, 0.717) is 0 Å². The van der Waals surface area contributed by atoms with Crippen molar-refractivity contribution in [3.05, 3.63) is 228 Å². The molecule has 0 heteroatoms. The highest BCUT2D eigenvalue weighted by atomic mass is 14.7. The Hall–Kier alpha value is -5.38. The van der Waals surface area contributed by atoms with E-state index in [1.165, 1.54) is 99.3 Å². The summed E-state index contributed by atoms with van der Waals surface area (Å²) < 4.78 is 0. The first-order chi connectivity index (χ1) is 30.1. The van der Waals surface area contributed by atoms with Crippen molar-refractivity contribution in [1.82, 2.24) is 0 Å². The summed E-state index contributed by atoms with van der Waals surface area (Å²) in [6.07, 6.45) is 21.9. The monoisotopic (exact) mass is 806 g/mol. The summed E-state index contributed by atoms with van der Waals surface area (Å²) in [6, 6.07) is 68.5. The van der Waals surface area contributed by atoms with Gasteiger partial charge in [0.05, 0.1) is 0 Å². The molecule has 8 bridgehead atoms. The van der Waals surface area contributed by atoms with Crippen LogP contribution in [0.15, 0.2) is 194 Å². The second-order valence-corrected chi connectivity index (χ2v) is 21.9. The fourth-order valence-corrected chi connectivity index (χ4v) is 16.9. The van der Waals surface area contributed by atoms with Gasteiger partial charge in [-0.25, -0.2) is 0 Å². The van der Waals surface area contributed by atoms with Crippen LogP contribution in [0.3, 0.4) is 0 Å². The Morgan fingerprint density at radius 2 is 0.581 bits per heavy atom. The van der Waals surface area contributed by atoms with Crippen molar-refractivity contribution < 1.29 is 0 Å². The molecule has 0 saturated heterocycles. The predicted molar refractivity (Wildman–Crippen MR) is 257 cm³/mol. The Morgan fingerprint density at radius 1 is 0.371 bits per heavy atom. The van der Waals surface area contributed by atoms with Crippen molar-refractivity contribution in [2.24, 2.45) is 10.8 Å². The summed E-state index contributed by atoms with van der Waals surface area (Å²) in [6.45, 7) is 6.93. The summed E-state index contributed by atoms with van der Waals surface area (Å²) >= 11 is 0. The average Bonchev–Trinajstić information content (AvgIpc) is 3.30. The van der Waals surface area contributed by atoms with E-state index < -0.39 is 0 Å². The minimum absolute atomic E-state index is 0.193. The van der Waals surface area contributed by atoms with Gasteiger partial charge >= 0.3 is 0 Å². The SMILES string of the molecule is C#CCC12CC3(c4ccccc4)CC(c4ccccc4)(C1)CC(c1ccccc1)(C2)C3.C=C(C)C12CC3(c4ccccc4)CC(c4ccccc4)(C1)CC(c1ccccc1)(C2)C3. The zero-order chi connectivity index (χ0) is 42.2. The van der Waals surface area contributed by atoms with Crippen LogP contribution in [0.4, 0.5) is 0 Å². The molecule has 8 aliphatic carbocycles. The number of terminal acetylenes is 1. The minimum atomic E-state index is 0.193. The van der Waals surface area contributed by atoms with Gasteiger partial charge in [-0.05, 0) is 161 Å². The van der Waals surface area contributed by atoms with Gasteiger partial charge in [0.25, 0.3) is 0 Å². The van der Waals surface area contributed by atoms with Crippen molar-refractivity contribution >= 4 is 0 Å². The topological polar surface area (TPSA) is 0 Å². The molecule has 8 aliphatic rings. The molecule has 6 aromatic rings. The van der Waals surface area contributed by atoms with E-state index in [9.17, 15) is 0 Å². The third-order valence-corrected chi connectivity index (χ3v) is 17.9. The highest BCUT2D eigenvalue weighted by Crippen LogP contribution is 2.77. The molecule has 0 radical (unpaired) electrons. The Labute approximate surface area is 371 Å². The van der Waals surface area contributed by atoms with Crippen LogP contribution in [0, 0.1) is 23.2 Å². The molecular weight excluding hydrogens is 745 g/mol. The molecule has 6 aromatic carbocycles. The second kappa shape index (κ2) is 14.3. The molecule has 0 unspecified atom stereocenters. The zero-order valence-electron chi connectivity index (χ0n) is 36.8. The maximum absolute atomic E-state index is 6.05. The molecule has 0 aromatic heterocycles. The Balaban J connectivity index is 0.000000139. The molecule has 0 N–H and O–H groups in total. The molecule has 0 nitrogen and oxygen atoms in total. The third kappa shape index (κ3) is 6.09. The minimum Gasteiger partial charge on any atom is -0.120 e. The van der Waals surface area contributed by atoms with Crippen LogP contribution in [0.5, 0.6) is 0 Å². The van der Waals surface area contributed by atoms with E-state index in [0.717, 1.165) is 6.42 Å². The van der Waals surface area contributed by atoms with Crippen molar-refractivity contribution in [2.45, 2.75) is 123 Å². The predicted octanol–water partition coefficient (Wildman–Crippen LogP) is 14.9. The molecule has 0 amide bonds. The van der Waals surface area contributed by atoms with Gasteiger partial charge in [-0.1, -0.05) is 194 Å². The van der Waals surface area contributed by atoms with Crippen molar-refractivity contribution in [3.63, 3.8) is 0 Å². The zero-order valence-corrected chi connectivity index (χ0v) is 36.8. The highest BCUT2D eigenvalue weighted by molar-refractivity contribution is 5.48. The largest absolute Gasteiger partial charge is 0.120 e. The lowest BCUT2D eigenvalue weighted by molar-refractivity contribution is -0.105. The summed E-state index contributed by atoms with van der Waals surface area (Å²) in [5, 5.41) is 0. The van der Waals surface area contributed by atoms with Crippen LogP contribution < -0.4 is 0 Å². The van der Waals surface area contributed by atoms with Gasteiger partial charge in [0.2, 0.25) is 0 Å². The summed E-state index contributed by atoms with van der Waals surface area (Å²) in [7, 11) is 0. The van der Waals surface area contributed by atoms with Gasteiger partial charge in [-0.15, -0.1) is 12.3 Å². The molecule has 0 spiro atoms. The van der Waals surface area contributed by atoms with Crippen molar-refractivity contribution in [3.8, 4) is 12.3 Å². The third-order valence-electron chi connectivity index (χ3n) is 17.9. The summed E-state index contributed by atoms with van der Waals surface area (Å²) in [5.41, 5.74) is 12.2. The van der Waals surface area contributed by atoms with E-state index in [1.807, 2.05) is 0 Å². The van der Waals surface area contributed by atoms with Gasteiger partial charge in [0.15, 0.2) is 0 Å².